The summed E-state index contributed by atoms with van der Waals surface area (Å²) in [5, 5.41) is 4.14. The molecule has 0 saturated carbocycles. The molecule has 1 radical (unpaired) electrons. The van der Waals surface area contributed by atoms with Gasteiger partial charge in [-0.25, -0.2) is 0 Å². The first-order valence-electron chi connectivity index (χ1n) is 4.80. The quantitative estimate of drug-likeness (QED) is 0.718. The van der Waals surface area contributed by atoms with Crippen molar-refractivity contribution in [3.63, 3.8) is 0 Å². The van der Waals surface area contributed by atoms with Crippen LogP contribution in [0.15, 0.2) is 42.6 Å². The van der Waals surface area contributed by atoms with E-state index >= 15 is 0 Å². The monoisotopic (exact) mass is 185 g/mol. The molecule has 0 N–H and O–H groups in total. The Bertz CT molecular complexity index is 364. The molecule has 2 nitrogen and oxygen atoms in total. The van der Waals surface area contributed by atoms with E-state index in [1.54, 1.807) is 6.20 Å². The van der Waals surface area contributed by atoms with Crippen LogP contribution in [0, 0.1) is 6.20 Å². The van der Waals surface area contributed by atoms with E-state index in [0.29, 0.717) is 5.92 Å². The fourth-order valence-electron chi connectivity index (χ4n) is 1.51. The molecule has 2 rings (SSSR count). The molecule has 1 aromatic carbocycles. The van der Waals surface area contributed by atoms with Gasteiger partial charge in [0.15, 0.2) is 0 Å². The third kappa shape index (κ3) is 2.02. The van der Waals surface area contributed by atoms with Crippen molar-refractivity contribution in [1.29, 1.82) is 0 Å². The van der Waals surface area contributed by atoms with E-state index in [1.165, 1.54) is 5.56 Å². The molecule has 1 aromatic heterocycles. The largest absolute Gasteiger partial charge is 0.263 e. The second-order valence-corrected chi connectivity index (χ2v) is 3.45. The highest BCUT2D eigenvalue weighted by molar-refractivity contribution is 5.18. The summed E-state index contributed by atoms with van der Waals surface area (Å²) in [6, 6.07) is 12.3. The van der Waals surface area contributed by atoms with Crippen molar-refractivity contribution < 1.29 is 0 Å². The summed E-state index contributed by atoms with van der Waals surface area (Å²) in [5.74, 6) is 0.479. The number of hydrogen-bond donors (Lipinski definition) is 0. The predicted octanol–water partition coefficient (Wildman–Crippen LogP) is 2.49. The second-order valence-electron chi connectivity index (χ2n) is 3.45. The van der Waals surface area contributed by atoms with E-state index in [2.05, 4.69) is 42.5 Å². The molecule has 1 atom stereocenters. The summed E-state index contributed by atoms with van der Waals surface area (Å²) in [7, 11) is 0. The Morgan fingerprint density at radius 3 is 2.79 bits per heavy atom. The van der Waals surface area contributed by atoms with Gasteiger partial charge in [0, 0.05) is 18.7 Å². The maximum Gasteiger partial charge on any atom is 0.0863 e. The van der Waals surface area contributed by atoms with Gasteiger partial charge in [0.05, 0.1) is 6.20 Å². The molecule has 0 aliphatic carbocycles. The van der Waals surface area contributed by atoms with E-state index < -0.39 is 0 Å². The molecule has 2 heteroatoms. The first-order chi connectivity index (χ1) is 6.86. The van der Waals surface area contributed by atoms with Crippen LogP contribution in [-0.4, -0.2) is 9.78 Å². The Morgan fingerprint density at radius 2 is 2.14 bits per heavy atom. The molecule has 0 amide bonds. The van der Waals surface area contributed by atoms with Gasteiger partial charge in [0.1, 0.15) is 0 Å². The molecule has 14 heavy (non-hydrogen) atoms. The highest BCUT2D eigenvalue weighted by Crippen LogP contribution is 2.15. The Balaban J connectivity index is 2.07. The van der Waals surface area contributed by atoms with Crippen LogP contribution >= 0.6 is 0 Å². The van der Waals surface area contributed by atoms with Crippen molar-refractivity contribution >= 4 is 0 Å². The van der Waals surface area contributed by atoms with E-state index in [1.807, 2.05) is 16.8 Å². The minimum Gasteiger partial charge on any atom is -0.263 e. The lowest BCUT2D eigenvalue weighted by atomic mass is 10.0. The van der Waals surface area contributed by atoms with Crippen molar-refractivity contribution in [1.82, 2.24) is 9.78 Å². The number of aromatic nitrogens is 2. The van der Waals surface area contributed by atoms with Gasteiger partial charge in [-0.15, -0.1) is 0 Å². The van der Waals surface area contributed by atoms with Crippen LogP contribution in [0.2, 0.25) is 0 Å². The van der Waals surface area contributed by atoms with Crippen LogP contribution in [0.3, 0.4) is 0 Å². The first-order valence-corrected chi connectivity index (χ1v) is 4.80. The average molecular weight is 185 g/mol. The summed E-state index contributed by atoms with van der Waals surface area (Å²) in [6.45, 7) is 3.09. The molecular formula is C12H13N2. The molecule has 0 saturated heterocycles. The van der Waals surface area contributed by atoms with Crippen molar-refractivity contribution in [3.8, 4) is 0 Å². The third-order valence-corrected chi connectivity index (χ3v) is 2.32. The molecule has 71 valence electrons. The molecule has 0 aliphatic heterocycles. The topological polar surface area (TPSA) is 17.8 Å². The zero-order valence-electron chi connectivity index (χ0n) is 8.22. The number of nitrogens with zero attached hydrogens (tertiary/aromatic N) is 2. The van der Waals surface area contributed by atoms with Gasteiger partial charge in [-0.3, -0.25) is 4.68 Å². The summed E-state index contributed by atoms with van der Waals surface area (Å²) in [6.07, 6.45) is 4.80. The Hall–Kier alpha value is -1.57. The average Bonchev–Trinajstić information content (AvgIpc) is 2.72. The molecule has 0 bridgehead atoms. The predicted molar refractivity (Wildman–Crippen MR) is 55.9 cm³/mol. The Kier molecular flexibility index (Phi) is 2.63. The van der Waals surface area contributed by atoms with Gasteiger partial charge in [-0.05, 0) is 11.6 Å². The fraction of sp³-hybridized carbons (Fsp3) is 0.250. The lowest BCUT2D eigenvalue weighted by Gasteiger charge is -2.11. The minimum absolute atomic E-state index is 0.479. The van der Waals surface area contributed by atoms with Crippen molar-refractivity contribution in [2.24, 2.45) is 0 Å². The first kappa shape index (κ1) is 9.00. The zero-order valence-corrected chi connectivity index (χ0v) is 8.22. The standard InChI is InChI=1S/C12H13N2/c1-11(10-14-9-5-8-13-14)12-6-3-2-4-7-12/h2-8,11H,10H2,1H3. The number of rotatable bonds is 3. The van der Waals surface area contributed by atoms with Crippen LogP contribution in [0.25, 0.3) is 0 Å². The van der Waals surface area contributed by atoms with Crippen LogP contribution < -0.4 is 0 Å². The Labute approximate surface area is 84.2 Å². The van der Waals surface area contributed by atoms with Gasteiger partial charge in [0.25, 0.3) is 0 Å². The third-order valence-electron chi connectivity index (χ3n) is 2.32. The van der Waals surface area contributed by atoms with Crippen LogP contribution in [-0.2, 0) is 6.54 Å². The van der Waals surface area contributed by atoms with E-state index in [0.717, 1.165) is 6.54 Å². The Morgan fingerprint density at radius 1 is 1.36 bits per heavy atom. The number of hydrogen-bond acceptors (Lipinski definition) is 1. The summed E-state index contributed by atoms with van der Waals surface area (Å²) >= 11 is 0. The van der Waals surface area contributed by atoms with Crippen LogP contribution in [0.5, 0.6) is 0 Å². The normalized spacial score (nSPS) is 12.6. The summed E-state index contributed by atoms with van der Waals surface area (Å²) in [5.41, 5.74) is 1.34. The minimum atomic E-state index is 0.479. The van der Waals surface area contributed by atoms with Gasteiger partial charge in [-0.2, -0.15) is 5.10 Å². The molecule has 0 aliphatic rings. The highest BCUT2D eigenvalue weighted by atomic mass is 15.3. The van der Waals surface area contributed by atoms with Crippen molar-refractivity contribution in [3.05, 3.63) is 54.4 Å². The van der Waals surface area contributed by atoms with E-state index in [4.69, 9.17) is 0 Å². The SMILES string of the molecule is CC(Cn1[c]ccn1)c1ccccc1. The van der Waals surface area contributed by atoms with Crippen molar-refractivity contribution in [2.45, 2.75) is 19.4 Å². The molecular weight excluding hydrogens is 172 g/mol. The zero-order chi connectivity index (χ0) is 9.80. The molecule has 0 fully saturated rings. The number of benzene rings is 1. The van der Waals surface area contributed by atoms with Crippen molar-refractivity contribution in [2.75, 3.05) is 0 Å². The van der Waals surface area contributed by atoms with Gasteiger partial charge < -0.3 is 0 Å². The summed E-state index contributed by atoms with van der Waals surface area (Å²) in [4.78, 5) is 0. The lowest BCUT2D eigenvalue weighted by Crippen LogP contribution is -2.06. The maximum atomic E-state index is 4.14. The summed E-state index contributed by atoms with van der Waals surface area (Å²) < 4.78 is 1.84. The van der Waals surface area contributed by atoms with Crippen LogP contribution in [0.4, 0.5) is 0 Å². The second kappa shape index (κ2) is 4.09. The van der Waals surface area contributed by atoms with Gasteiger partial charge >= 0.3 is 0 Å². The smallest absolute Gasteiger partial charge is 0.0863 e. The van der Waals surface area contributed by atoms with E-state index in [9.17, 15) is 0 Å². The maximum absolute atomic E-state index is 4.14. The fourth-order valence-corrected chi connectivity index (χ4v) is 1.51. The highest BCUT2D eigenvalue weighted by Gasteiger charge is 2.05. The molecule has 1 unspecified atom stereocenters. The van der Waals surface area contributed by atoms with Crippen LogP contribution in [0.1, 0.15) is 18.4 Å². The van der Waals surface area contributed by atoms with Gasteiger partial charge in [-0.1, -0.05) is 37.3 Å². The lowest BCUT2D eigenvalue weighted by molar-refractivity contribution is 0.540. The van der Waals surface area contributed by atoms with Gasteiger partial charge in [0.2, 0.25) is 0 Å². The molecule has 0 spiro atoms. The van der Waals surface area contributed by atoms with E-state index in [-0.39, 0.29) is 0 Å². The molecule has 1 heterocycles. The molecule has 2 aromatic rings.